The highest BCUT2D eigenvalue weighted by Gasteiger charge is 2.54. The Balaban J connectivity index is 1.87. The fourth-order valence-corrected chi connectivity index (χ4v) is 6.11. The maximum absolute atomic E-state index is 13.8. The number of rotatable bonds is 8. The van der Waals surface area contributed by atoms with Crippen LogP contribution in [0.5, 0.6) is 5.75 Å². The van der Waals surface area contributed by atoms with Crippen LogP contribution in [0.2, 0.25) is 0 Å². The van der Waals surface area contributed by atoms with E-state index >= 15 is 0 Å². The molecule has 3 rings (SSSR count). The molecule has 0 radical (unpaired) electrons. The number of sulfonamides is 1. The topological polar surface area (TPSA) is 108 Å². The maximum atomic E-state index is 13.8. The third-order valence-electron chi connectivity index (χ3n) is 6.98. The second-order valence-electron chi connectivity index (χ2n) is 10.7. The largest absolute Gasteiger partial charge is 0.493 e. The Morgan fingerprint density at radius 3 is 2.44 bits per heavy atom. The number of carbonyl (C=O) groups excluding carboxylic acids is 2. The normalized spacial score (nSPS) is 24.3. The van der Waals surface area contributed by atoms with Gasteiger partial charge in [0.05, 0.1) is 24.9 Å². The summed E-state index contributed by atoms with van der Waals surface area (Å²) in [6, 6.07) is 0.931. The quantitative estimate of drug-likeness (QED) is 0.525. The molecule has 0 aliphatic carbocycles. The average molecular weight is 531 g/mol. The summed E-state index contributed by atoms with van der Waals surface area (Å²) in [5.41, 5.74) is -0.606. The van der Waals surface area contributed by atoms with Crippen LogP contribution in [0.1, 0.15) is 34.1 Å². The fraction of sp³-hybridized carbons (Fsp3) is 0.667. The fourth-order valence-electron chi connectivity index (χ4n) is 4.93. The molecule has 0 saturated carbocycles. The van der Waals surface area contributed by atoms with Crippen molar-refractivity contribution in [1.29, 1.82) is 0 Å². The molecule has 2 fully saturated rings. The highest BCUT2D eigenvalue weighted by atomic mass is 32.2. The molecule has 9 nitrogen and oxygen atoms in total. The van der Waals surface area contributed by atoms with Crippen LogP contribution in [0.3, 0.4) is 0 Å². The predicted octanol–water partition coefficient (Wildman–Crippen LogP) is 1.34. The first-order valence-corrected chi connectivity index (χ1v) is 13.8. The summed E-state index contributed by atoms with van der Waals surface area (Å²) in [6.45, 7) is 7.72. The van der Waals surface area contributed by atoms with Gasteiger partial charge in [-0.2, -0.15) is 4.31 Å². The van der Waals surface area contributed by atoms with Gasteiger partial charge < -0.3 is 20.3 Å². The molecule has 0 aromatic heterocycles. The lowest BCUT2D eigenvalue weighted by Crippen LogP contribution is -2.59. The van der Waals surface area contributed by atoms with E-state index in [9.17, 15) is 26.8 Å². The van der Waals surface area contributed by atoms with Gasteiger partial charge in [0, 0.05) is 31.1 Å². The second-order valence-corrected chi connectivity index (χ2v) is 12.6. The van der Waals surface area contributed by atoms with Crippen LogP contribution in [0.25, 0.3) is 0 Å². The first-order chi connectivity index (χ1) is 16.6. The van der Waals surface area contributed by atoms with Gasteiger partial charge in [-0.1, -0.05) is 20.8 Å². The van der Waals surface area contributed by atoms with Crippen LogP contribution >= 0.6 is 0 Å². The Labute approximate surface area is 211 Å². The zero-order chi connectivity index (χ0) is 27.0. The standard InChI is InChI=1S/C24H36F2N4O5S/c1-14(27-5)22(31)28-21(24(2,3)4)23(32)29-10-9-19-20(29)15(12-30(19)36(6,33)34)13-35-16-7-8-17(25)18(26)11-16/h7-8,11,14-15,19-21,27H,9-10,12-13H2,1-6H3,(H,28,31). The summed E-state index contributed by atoms with van der Waals surface area (Å²) >= 11 is 0. The van der Waals surface area contributed by atoms with E-state index in [1.165, 1.54) is 10.4 Å². The van der Waals surface area contributed by atoms with E-state index in [0.29, 0.717) is 13.0 Å². The number of halogens is 2. The van der Waals surface area contributed by atoms with Crippen molar-refractivity contribution in [2.75, 3.05) is 33.0 Å². The molecule has 12 heteroatoms. The summed E-state index contributed by atoms with van der Waals surface area (Å²) in [5.74, 6) is -2.95. The molecular formula is C24H36F2N4O5S. The first-order valence-electron chi connectivity index (χ1n) is 12.0. The van der Waals surface area contributed by atoms with Gasteiger partial charge in [-0.25, -0.2) is 17.2 Å². The summed E-state index contributed by atoms with van der Waals surface area (Å²) in [6.07, 6.45) is 1.58. The number of nitrogens with zero attached hydrogens (tertiary/aromatic N) is 2. The summed E-state index contributed by atoms with van der Waals surface area (Å²) in [4.78, 5) is 28.1. The van der Waals surface area contributed by atoms with Gasteiger partial charge in [-0.15, -0.1) is 0 Å². The van der Waals surface area contributed by atoms with Crippen LogP contribution in [0.4, 0.5) is 8.78 Å². The monoisotopic (exact) mass is 530 g/mol. The number of fused-ring (bicyclic) bond motifs is 1. The molecule has 5 atom stereocenters. The van der Waals surface area contributed by atoms with Crippen molar-refractivity contribution in [2.24, 2.45) is 11.3 Å². The molecule has 2 aliphatic rings. The lowest BCUT2D eigenvalue weighted by molar-refractivity contribution is -0.141. The molecule has 2 heterocycles. The minimum atomic E-state index is -3.56. The SMILES string of the molecule is CNC(C)C(=O)NC(C(=O)N1CCC2C1C(COc1ccc(F)c(F)c1)CN2S(C)(=O)=O)C(C)(C)C. The van der Waals surface area contributed by atoms with E-state index in [1.54, 1.807) is 18.9 Å². The van der Waals surface area contributed by atoms with Crippen molar-refractivity contribution in [1.82, 2.24) is 19.8 Å². The van der Waals surface area contributed by atoms with E-state index < -0.39 is 57.2 Å². The molecule has 36 heavy (non-hydrogen) atoms. The van der Waals surface area contributed by atoms with E-state index in [0.717, 1.165) is 18.4 Å². The number of nitrogens with one attached hydrogen (secondary N) is 2. The molecule has 1 aromatic rings. The van der Waals surface area contributed by atoms with E-state index in [-0.39, 0.29) is 30.7 Å². The summed E-state index contributed by atoms with van der Waals surface area (Å²) in [5, 5.41) is 5.72. The van der Waals surface area contributed by atoms with Gasteiger partial charge in [-0.3, -0.25) is 9.59 Å². The molecule has 0 bridgehead atoms. The lowest BCUT2D eigenvalue weighted by atomic mass is 9.85. The van der Waals surface area contributed by atoms with Crippen molar-refractivity contribution in [3.8, 4) is 5.75 Å². The van der Waals surface area contributed by atoms with Crippen LogP contribution in [-0.4, -0.2) is 86.6 Å². The lowest BCUT2D eigenvalue weighted by Gasteiger charge is -2.37. The zero-order valence-corrected chi connectivity index (χ0v) is 22.4. The van der Waals surface area contributed by atoms with Gasteiger partial charge in [0.1, 0.15) is 11.8 Å². The number of carbonyl (C=O) groups is 2. The second kappa shape index (κ2) is 10.6. The van der Waals surface area contributed by atoms with Gasteiger partial charge in [0.25, 0.3) is 0 Å². The predicted molar refractivity (Wildman–Crippen MR) is 131 cm³/mol. The maximum Gasteiger partial charge on any atom is 0.246 e. The molecule has 2 N–H and O–H groups in total. The third-order valence-corrected chi connectivity index (χ3v) is 8.25. The third kappa shape index (κ3) is 5.97. The van der Waals surface area contributed by atoms with Crippen molar-refractivity contribution < 1.29 is 31.5 Å². The van der Waals surface area contributed by atoms with Crippen molar-refractivity contribution in [3.63, 3.8) is 0 Å². The Bertz CT molecular complexity index is 1090. The Morgan fingerprint density at radius 1 is 1.22 bits per heavy atom. The van der Waals surface area contributed by atoms with Crippen molar-refractivity contribution in [3.05, 3.63) is 29.8 Å². The minimum absolute atomic E-state index is 0.00533. The number of benzene rings is 1. The molecule has 5 unspecified atom stereocenters. The average Bonchev–Trinajstić information content (AvgIpc) is 3.36. The number of likely N-dealkylation sites (N-methyl/N-ethyl adjacent to an activating group) is 1. The molecule has 2 aliphatic heterocycles. The summed E-state index contributed by atoms with van der Waals surface area (Å²) < 4.78 is 59.1. The first kappa shape index (κ1) is 28.3. The van der Waals surface area contributed by atoms with Crippen LogP contribution < -0.4 is 15.4 Å². The number of hydrogen-bond acceptors (Lipinski definition) is 6. The molecule has 202 valence electrons. The highest BCUT2D eigenvalue weighted by Crippen LogP contribution is 2.38. The van der Waals surface area contributed by atoms with Gasteiger partial charge in [0.2, 0.25) is 21.8 Å². The smallest absolute Gasteiger partial charge is 0.246 e. The number of likely N-dealkylation sites (tertiary alicyclic amines) is 1. The summed E-state index contributed by atoms with van der Waals surface area (Å²) in [7, 11) is -1.91. The molecular weight excluding hydrogens is 494 g/mol. The molecule has 0 spiro atoms. The van der Waals surface area contributed by atoms with Crippen molar-refractivity contribution >= 4 is 21.8 Å². The Hall–Kier alpha value is -2.31. The minimum Gasteiger partial charge on any atom is -0.493 e. The van der Waals surface area contributed by atoms with Crippen LogP contribution in [0, 0.1) is 23.0 Å². The molecule has 2 amide bonds. The Kier molecular flexibility index (Phi) is 8.31. The van der Waals surface area contributed by atoms with E-state index in [1.807, 2.05) is 20.8 Å². The highest BCUT2D eigenvalue weighted by molar-refractivity contribution is 7.88. The number of ether oxygens (including phenoxy) is 1. The number of amides is 2. The van der Waals surface area contributed by atoms with Gasteiger partial charge in [0.15, 0.2) is 11.6 Å². The van der Waals surface area contributed by atoms with E-state index in [4.69, 9.17) is 4.74 Å². The van der Waals surface area contributed by atoms with Crippen molar-refractivity contribution in [2.45, 2.75) is 58.3 Å². The zero-order valence-electron chi connectivity index (χ0n) is 21.5. The van der Waals surface area contributed by atoms with Gasteiger partial charge in [-0.05, 0) is 37.9 Å². The molecule has 1 aromatic carbocycles. The Morgan fingerprint density at radius 2 is 1.89 bits per heavy atom. The van der Waals surface area contributed by atoms with Gasteiger partial charge >= 0.3 is 0 Å². The molecule has 2 saturated heterocycles. The van der Waals surface area contributed by atoms with Crippen LogP contribution in [0.15, 0.2) is 18.2 Å². The number of hydrogen-bond donors (Lipinski definition) is 2. The van der Waals surface area contributed by atoms with Crippen LogP contribution in [-0.2, 0) is 19.6 Å². The van der Waals surface area contributed by atoms with E-state index in [2.05, 4.69) is 10.6 Å².